The van der Waals surface area contributed by atoms with Crippen molar-refractivity contribution in [2.75, 3.05) is 31.8 Å². The standard InChI is InChI=1S/C23H28N6O4S/c1-33-17-7-4-6-16(11-17)27-22-21-15(5-3-8-20(21)25-14-26-22)12-29-10-9-19(24)18(13-29)23(30)28-34(2,31)32/h3-8,11,14,18-19H,9-10,12-13,24H2,1-2H3,(H,28,30)(H,25,26,27)/t18-,19-/m1/s1. The molecule has 2 aromatic carbocycles. The molecule has 0 bridgehead atoms. The van der Waals surface area contributed by atoms with Crippen molar-refractivity contribution in [1.29, 1.82) is 0 Å². The molecule has 0 aliphatic carbocycles. The predicted octanol–water partition coefficient (Wildman–Crippen LogP) is 1.61. The van der Waals surface area contributed by atoms with Gasteiger partial charge in [0.25, 0.3) is 0 Å². The minimum Gasteiger partial charge on any atom is -0.497 e. The van der Waals surface area contributed by atoms with Crippen LogP contribution in [0.4, 0.5) is 11.5 Å². The maximum absolute atomic E-state index is 12.5. The molecule has 34 heavy (non-hydrogen) atoms. The molecule has 180 valence electrons. The van der Waals surface area contributed by atoms with Gasteiger partial charge in [-0.15, -0.1) is 0 Å². The highest BCUT2D eigenvalue weighted by Gasteiger charge is 2.33. The zero-order valence-corrected chi connectivity index (χ0v) is 19.9. The summed E-state index contributed by atoms with van der Waals surface area (Å²) in [6, 6.07) is 13.0. The first-order valence-electron chi connectivity index (χ1n) is 10.9. The Morgan fingerprint density at radius 1 is 1.24 bits per heavy atom. The number of anilines is 2. The van der Waals surface area contributed by atoms with E-state index in [1.165, 1.54) is 6.33 Å². The Labute approximate surface area is 198 Å². The Morgan fingerprint density at radius 2 is 2.03 bits per heavy atom. The highest BCUT2D eigenvalue weighted by Crippen LogP contribution is 2.29. The van der Waals surface area contributed by atoms with E-state index in [1.54, 1.807) is 7.11 Å². The van der Waals surface area contributed by atoms with Crippen molar-refractivity contribution < 1.29 is 17.9 Å². The summed E-state index contributed by atoms with van der Waals surface area (Å²) in [6.45, 7) is 1.57. The number of nitrogens with two attached hydrogens (primary N) is 1. The number of nitrogens with one attached hydrogen (secondary N) is 2. The van der Waals surface area contributed by atoms with Gasteiger partial charge < -0.3 is 15.8 Å². The van der Waals surface area contributed by atoms with Gasteiger partial charge in [-0.1, -0.05) is 18.2 Å². The molecule has 3 aromatic rings. The summed E-state index contributed by atoms with van der Waals surface area (Å²) in [5.74, 6) is 0.200. The first kappa shape index (κ1) is 23.9. The Balaban J connectivity index is 1.60. The number of likely N-dealkylation sites (tertiary alicyclic amines) is 1. The van der Waals surface area contributed by atoms with E-state index in [0.29, 0.717) is 31.9 Å². The van der Waals surface area contributed by atoms with Crippen LogP contribution in [0, 0.1) is 5.92 Å². The third-order valence-corrected chi connectivity index (χ3v) is 6.42. The van der Waals surface area contributed by atoms with Gasteiger partial charge in [-0.2, -0.15) is 0 Å². The SMILES string of the molecule is COc1cccc(Nc2ncnc3cccc(CN4CC[C@@H](N)[C@H](C(=O)NS(C)(=O)=O)C4)c23)c1. The summed E-state index contributed by atoms with van der Waals surface area (Å²) in [4.78, 5) is 23.5. The molecule has 1 aliphatic heterocycles. The second-order valence-corrected chi connectivity index (χ2v) is 10.2. The second-order valence-electron chi connectivity index (χ2n) is 8.42. The molecule has 1 aromatic heterocycles. The van der Waals surface area contributed by atoms with E-state index in [2.05, 4.69) is 24.9 Å². The van der Waals surface area contributed by atoms with E-state index >= 15 is 0 Å². The molecule has 4 rings (SSSR count). The third-order valence-electron chi connectivity index (χ3n) is 5.85. The van der Waals surface area contributed by atoms with Crippen LogP contribution in [0.2, 0.25) is 0 Å². The number of benzene rings is 2. The maximum atomic E-state index is 12.5. The number of aromatic nitrogens is 2. The molecular weight excluding hydrogens is 456 g/mol. The van der Waals surface area contributed by atoms with Crippen molar-refractivity contribution >= 4 is 38.3 Å². The van der Waals surface area contributed by atoms with Gasteiger partial charge in [-0.3, -0.25) is 14.4 Å². The molecule has 0 unspecified atom stereocenters. The summed E-state index contributed by atoms with van der Waals surface area (Å²) in [5, 5.41) is 4.23. The van der Waals surface area contributed by atoms with Crippen LogP contribution in [-0.2, 0) is 21.4 Å². The lowest BCUT2D eigenvalue weighted by Crippen LogP contribution is -2.53. The number of carbonyl (C=O) groups excluding carboxylic acids is 1. The van der Waals surface area contributed by atoms with Gasteiger partial charge in [0.1, 0.15) is 17.9 Å². The number of piperidine rings is 1. The van der Waals surface area contributed by atoms with Crippen LogP contribution >= 0.6 is 0 Å². The predicted molar refractivity (Wildman–Crippen MR) is 130 cm³/mol. The van der Waals surface area contributed by atoms with Crippen LogP contribution < -0.4 is 20.5 Å². The fourth-order valence-corrected chi connectivity index (χ4v) is 4.72. The number of ether oxygens (including phenoxy) is 1. The lowest BCUT2D eigenvalue weighted by atomic mass is 9.92. The third kappa shape index (κ3) is 5.61. The van der Waals surface area contributed by atoms with Crippen LogP contribution in [0.5, 0.6) is 5.75 Å². The van der Waals surface area contributed by atoms with Crippen molar-refractivity contribution in [2.45, 2.75) is 19.0 Å². The summed E-state index contributed by atoms with van der Waals surface area (Å²) in [6.07, 6.45) is 3.06. The van der Waals surface area contributed by atoms with E-state index in [9.17, 15) is 13.2 Å². The molecule has 11 heteroatoms. The molecule has 0 saturated carbocycles. The molecule has 2 heterocycles. The van der Waals surface area contributed by atoms with Crippen molar-refractivity contribution in [3.63, 3.8) is 0 Å². The molecule has 4 N–H and O–H groups in total. The summed E-state index contributed by atoms with van der Waals surface area (Å²) < 4.78 is 30.4. The summed E-state index contributed by atoms with van der Waals surface area (Å²) in [5.41, 5.74) is 8.76. The first-order valence-corrected chi connectivity index (χ1v) is 12.8. The van der Waals surface area contributed by atoms with Gasteiger partial charge in [0.05, 0.1) is 24.8 Å². The molecule has 0 radical (unpaired) electrons. The van der Waals surface area contributed by atoms with Gasteiger partial charge in [0, 0.05) is 42.8 Å². The fourth-order valence-electron chi connectivity index (χ4n) is 4.20. The van der Waals surface area contributed by atoms with Crippen LogP contribution in [-0.4, -0.2) is 61.7 Å². The number of fused-ring (bicyclic) bond motifs is 1. The van der Waals surface area contributed by atoms with Gasteiger partial charge in [-0.25, -0.2) is 18.4 Å². The molecule has 0 spiro atoms. The number of methoxy groups -OCH3 is 1. The number of carbonyl (C=O) groups is 1. The Hall–Kier alpha value is -3.28. The quantitative estimate of drug-likeness (QED) is 0.456. The number of rotatable bonds is 7. The van der Waals surface area contributed by atoms with E-state index < -0.39 is 27.9 Å². The number of amides is 1. The zero-order chi connectivity index (χ0) is 24.3. The van der Waals surface area contributed by atoms with Gasteiger partial charge >= 0.3 is 0 Å². The van der Waals surface area contributed by atoms with Gasteiger partial charge in [0.15, 0.2) is 0 Å². The minimum absolute atomic E-state index is 0.352. The van der Waals surface area contributed by atoms with E-state index in [1.807, 2.05) is 42.5 Å². The smallest absolute Gasteiger partial charge is 0.239 e. The molecule has 1 fully saturated rings. The molecule has 10 nitrogen and oxygen atoms in total. The number of nitrogens with zero attached hydrogens (tertiary/aromatic N) is 3. The van der Waals surface area contributed by atoms with Crippen molar-refractivity contribution in [3.05, 3.63) is 54.4 Å². The molecule has 1 aliphatic rings. The Bertz CT molecular complexity index is 1290. The highest BCUT2D eigenvalue weighted by atomic mass is 32.2. The lowest BCUT2D eigenvalue weighted by Gasteiger charge is -2.36. The Morgan fingerprint density at radius 3 is 2.79 bits per heavy atom. The van der Waals surface area contributed by atoms with Crippen LogP contribution in [0.15, 0.2) is 48.8 Å². The van der Waals surface area contributed by atoms with Crippen LogP contribution in [0.3, 0.4) is 0 Å². The second kappa shape index (κ2) is 9.92. The lowest BCUT2D eigenvalue weighted by molar-refractivity contribution is -0.125. The van der Waals surface area contributed by atoms with Crippen molar-refractivity contribution in [2.24, 2.45) is 11.7 Å². The van der Waals surface area contributed by atoms with E-state index in [0.717, 1.165) is 34.2 Å². The van der Waals surface area contributed by atoms with Crippen molar-refractivity contribution in [1.82, 2.24) is 19.6 Å². The summed E-state index contributed by atoms with van der Waals surface area (Å²) >= 11 is 0. The van der Waals surface area contributed by atoms with Gasteiger partial charge in [0.2, 0.25) is 15.9 Å². The normalized spacial score (nSPS) is 19.0. The molecule has 2 atom stereocenters. The fraction of sp³-hybridized carbons (Fsp3) is 0.348. The first-order chi connectivity index (χ1) is 16.2. The number of sulfonamides is 1. The monoisotopic (exact) mass is 484 g/mol. The number of hydrogen-bond donors (Lipinski definition) is 3. The average Bonchev–Trinajstić information content (AvgIpc) is 2.79. The largest absolute Gasteiger partial charge is 0.497 e. The maximum Gasteiger partial charge on any atom is 0.239 e. The topological polar surface area (TPSA) is 140 Å². The molecular formula is C23H28N6O4S. The van der Waals surface area contributed by atoms with E-state index in [4.69, 9.17) is 10.5 Å². The average molecular weight is 485 g/mol. The van der Waals surface area contributed by atoms with Gasteiger partial charge in [-0.05, 0) is 30.2 Å². The van der Waals surface area contributed by atoms with Crippen LogP contribution in [0.1, 0.15) is 12.0 Å². The van der Waals surface area contributed by atoms with Crippen molar-refractivity contribution in [3.8, 4) is 5.75 Å². The van der Waals surface area contributed by atoms with Crippen LogP contribution in [0.25, 0.3) is 10.9 Å². The Kier molecular flexibility index (Phi) is 6.96. The zero-order valence-electron chi connectivity index (χ0n) is 19.1. The van der Waals surface area contributed by atoms with E-state index in [-0.39, 0.29) is 0 Å². The number of hydrogen-bond acceptors (Lipinski definition) is 9. The molecule has 1 amide bonds. The molecule has 1 saturated heterocycles. The highest BCUT2D eigenvalue weighted by molar-refractivity contribution is 7.89. The summed E-state index contributed by atoms with van der Waals surface area (Å²) in [7, 11) is -2.03. The minimum atomic E-state index is -3.65.